The molecule has 2 atom stereocenters. The molecule has 6 nitrogen and oxygen atoms in total. The van der Waals surface area contributed by atoms with E-state index in [0.29, 0.717) is 24.7 Å². The van der Waals surface area contributed by atoms with Crippen LogP contribution in [0.15, 0.2) is 30.6 Å². The maximum absolute atomic E-state index is 10.4. The Morgan fingerprint density at radius 1 is 1.41 bits per heavy atom. The molecule has 0 spiro atoms. The number of rotatable bonds is 4. The average Bonchev–Trinajstić information content (AvgIpc) is 2.94. The zero-order valence-corrected chi connectivity index (χ0v) is 13.1. The molecule has 1 N–H and O–H groups in total. The predicted octanol–water partition coefficient (Wildman–Crippen LogP) is 1.58. The maximum Gasteiger partial charge on any atom is 0.163 e. The topological polar surface area (TPSA) is 63.4 Å². The Labute approximate surface area is 134 Å². The molecule has 1 aromatic heterocycles. The number of ether oxygens (including phenoxy) is 1. The number of morpholine rings is 1. The van der Waals surface area contributed by atoms with Gasteiger partial charge in [-0.1, -0.05) is 23.7 Å². The summed E-state index contributed by atoms with van der Waals surface area (Å²) in [6.45, 7) is 2.65. The highest BCUT2D eigenvalue weighted by atomic mass is 35.5. The van der Waals surface area contributed by atoms with Crippen molar-refractivity contribution in [3.05, 3.63) is 47.0 Å². The molecule has 0 bridgehead atoms. The summed E-state index contributed by atoms with van der Waals surface area (Å²) >= 11 is 5.88. The second-order valence-electron chi connectivity index (χ2n) is 5.49. The van der Waals surface area contributed by atoms with Crippen molar-refractivity contribution in [3.63, 3.8) is 0 Å². The first-order valence-corrected chi connectivity index (χ1v) is 7.62. The van der Waals surface area contributed by atoms with Crippen LogP contribution in [0.3, 0.4) is 0 Å². The van der Waals surface area contributed by atoms with E-state index in [9.17, 15) is 5.11 Å². The molecule has 2 aromatic rings. The number of aryl methyl sites for hydroxylation is 1. The summed E-state index contributed by atoms with van der Waals surface area (Å²) in [4.78, 5) is 2.18. The first-order valence-electron chi connectivity index (χ1n) is 7.25. The minimum absolute atomic E-state index is 0.112. The second-order valence-corrected chi connectivity index (χ2v) is 5.92. The van der Waals surface area contributed by atoms with E-state index in [-0.39, 0.29) is 6.10 Å². The third-order valence-electron chi connectivity index (χ3n) is 3.87. The normalized spacial score (nSPS) is 21.0. The van der Waals surface area contributed by atoms with Crippen molar-refractivity contribution in [1.29, 1.82) is 0 Å². The Morgan fingerprint density at radius 2 is 2.18 bits per heavy atom. The first-order chi connectivity index (χ1) is 10.6. The summed E-state index contributed by atoms with van der Waals surface area (Å²) < 4.78 is 7.64. The Hall–Kier alpha value is -1.47. The minimum Gasteiger partial charge on any atom is -0.387 e. The number of β-amino-alcohol motifs (C(OH)–C–C–N with tert-alkyl or cyclic N) is 1. The fourth-order valence-corrected chi connectivity index (χ4v) is 2.77. The van der Waals surface area contributed by atoms with Crippen LogP contribution in [-0.4, -0.2) is 51.0 Å². The van der Waals surface area contributed by atoms with Gasteiger partial charge < -0.3 is 14.4 Å². The zero-order valence-electron chi connectivity index (χ0n) is 12.4. The second kappa shape index (κ2) is 6.75. The van der Waals surface area contributed by atoms with Gasteiger partial charge in [-0.05, 0) is 17.7 Å². The Balaban J connectivity index is 1.63. The molecule has 0 saturated carbocycles. The van der Waals surface area contributed by atoms with Crippen LogP contribution in [0, 0.1) is 0 Å². The number of aliphatic hydroxyl groups excluding tert-OH is 1. The van der Waals surface area contributed by atoms with Gasteiger partial charge in [-0.15, -0.1) is 10.2 Å². The smallest absolute Gasteiger partial charge is 0.163 e. The minimum atomic E-state index is -0.546. The van der Waals surface area contributed by atoms with Gasteiger partial charge in [0.05, 0.1) is 12.7 Å². The van der Waals surface area contributed by atoms with E-state index in [1.54, 1.807) is 18.5 Å². The van der Waals surface area contributed by atoms with E-state index in [2.05, 4.69) is 15.1 Å². The summed E-state index contributed by atoms with van der Waals surface area (Å²) in [5.41, 5.74) is 0.867. The van der Waals surface area contributed by atoms with Crippen molar-refractivity contribution < 1.29 is 9.84 Å². The molecule has 22 heavy (non-hydrogen) atoms. The Morgan fingerprint density at radius 3 is 2.86 bits per heavy atom. The van der Waals surface area contributed by atoms with Gasteiger partial charge in [0.2, 0.25) is 0 Å². The van der Waals surface area contributed by atoms with Crippen LogP contribution in [-0.2, 0) is 11.8 Å². The van der Waals surface area contributed by atoms with Crippen molar-refractivity contribution in [1.82, 2.24) is 19.7 Å². The number of nitrogens with zero attached hydrogens (tertiary/aromatic N) is 4. The van der Waals surface area contributed by atoms with Crippen LogP contribution in [0.4, 0.5) is 0 Å². The van der Waals surface area contributed by atoms with Crippen molar-refractivity contribution in [3.8, 4) is 0 Å². The highest BCUT2D eigenvalue weighted by molar-refractivity contribution is 6.30. The van der Waals surface area contributed by atoms with E-state index in [1.165, 1.54) is 0 Å². The Kier molecular flexibility index (Phi) is 4.73. The molecule has 1 aliphatic heterocycles. The van der Waals surface area contributed by atoms with E-state index >= 15 is 0 Å². The summed E-state index contributed by atoms with van der Waals surface area (Å²) in [6.07, 6.45) is 1.01. The highest BCUT2D eigenvalue weighted by Crippen LogP contribution is 2.23. The Bertz CT molecular complexity index is 616. The predicted molar refractivity (Wildman–Crippen MR) is 82.5 cm³/mol. The maximum atomic E-state index is 10.4. The van der Waals surface area contributed by atoms with Gasteiger partial charge in [-0.3, -0.25) is 4.90 Å². The quantitative estimate of drug-likeness (QED) is 0.926. The van der Waals surface area contributed by atoms with E-state index in [0.717, 1.165) is 17.9 Å². The molecule has 0 amide bonds. The molecular formula is C15H19ClN4O2. The molecule has 1 fully saturated rings. The van der Waals surface area contributed by atoms with E-state index in [4.69, 9.17) is 16.3 Å². The lowest BCUT2D eigenvalue weighted by molar-refractivity contribution is -0.0474. The highest BCUT2D eigenvalue weighted by Gasteiger charge is 2.26. The molecule has 7 heteroatoms. The fourth-order valence-electron chi connectivity index (χ4n) is 2.64. The van der Waals surface area contributed by atoms with E-state index < -0.39 is 6.10 Å². The average molecular weight is 323 g/mol. The van der Waals surface area contributed by atoms with Crippen molar-refractivity contribution in [2.75, 3.05) is 26.2 Å². The summed E-state index contributed by atoms with van der Waals surface area (Å²) in [5, 5.41) is 19.0. The zero-order chi connectivity index (χ0) is 15.5. The molecule has 2 unspecified atom stereocenters. The van der Waals surface area contributed by atoms with Gasteiger partial charge in [0, 0.05) is 31.7 Å². The molecule has 0 radical (unpaired) electrons. The monoisotopic (exact) mass is 322 g/mol. The molecule has 1 aliphatic rings. The number of aliphatic hydroxyl groups is 1. The lowest BCUT2D eigenvalue weighted by atomic mass is 10.1. The molecule has 3 rings (SSSR count). The van der Waals surface area contributed by atoms with E-state index in [1.807, 2.05) is 23.7 Å². The molecule has 0 aliphatic carbocycles. The van der Waals surface area contributed by atoms with Crippen LogP contribution in [0.25, 0.3) is 0 Å². The van der Waals surface area contributed by atoms with Gasteiger partial charge in [-0.2, -0.15) is 0 Å². The van der Waals surface area contributed by atoms with Crippen LogP contribution in [0.5, 0.6) is 0 Å². The summed E-state index contributed by atoms with van der Waals surface area (Å²) in [6, 6.07) is 7.30. The molecule has 1 aromatic carbocycles. The SMILES string of the molecule is Cn1cnnc1C1CN(CC(O)c2ccc(Cl)cc2)CCO1. The molecular weight excluding hydrogens is 304 g/mol. The number of hydrogen-bond acceptors (Lipinski definition) is 5. The third-order valence-corrected chi connectivity index (χ3v) is 4.12. The number of benzene rings is 1. The van der Waals surface area contributed by atoms with Crippen molar-refractivity contribution in [2.45, 2.75) is 12.2 Å². The molecule has 2 heterocycles. The first kappa shape index (κ1) is 15.4. The lowest BCUT2D eigenvalue weighted by Gasteiger charge is -2.33. The molecule has 118 valence electrons. The van der Waals surface area contributed by atoms with Gasteiger partial charge in [0.25, 0.3) is 0 Å². The van der Waals surface area contributed by atoms with Gasteiger partial charge in [0.15, 0.2) is 5.82 Å². The van der Waals surface area contributed by atoms with Gasteiger partial charge >= 0.3 is 0 Å². The molecule has 1 saturated heterocycles. The van der Waals surface area contributed by atoms with Crippen LogP contribution >= 0.6 is 11.6 Å². The lowest BCUT2D eigenvalue weighted by Crippen LogP contribution is -2.41. The number of aromatic nitrogens is 3. The summed E-state index contributed by atoms with van der Waals surface area (Å²) in [7, 11) is 1.90. The third kappa shape index (κ3) is 3.47. The standard InChI is InChI=1S/C15H19ClN4O2/c1-19-10-17-18-15(19)14-9-20(6-7-22-14)8-13(21)11-2-4-12(16)5-3-11/h2-5,10,13-14,21H,6-9H2,1H3. The van der Waals surface area contributed by atoms with Crippen molar-refractivity contribution in [2.24, 2.45) is 7.05 Å². The van der Waals surface area contributed by atoms with Crippen molar-refractivity contribution >= 4 is 11.6 Å². The van der Waals surface area contributed by atoms with Gasteiger partial charge in [0.1, 0.15) is 12.4 Å². The van der Waals surface area contributed by atoms with Crippen LogP contribution in [0.1, 0.15) is 23.6 Å². The number of hydrogen-bond donors (Lipinski definition) is 1. The van der Waals surface area contributed by atoms with Crippen LogP contribution < -0.4 is 0 Å². The van der Waals surface area contributed by atoms with Gasteiger partial charge in [-0.25, -0.2) is 0 Å². The fraction of sp³-hybridized carbons (Fsp3) is 0.467. The van der Waals surface area contributed by atoms with Crippen LogP contribution in [0.2, 0.25) is 5.02 Å². The summed E-state index contributed by atoms with van der Waals surface area (Å²) in [5.74, 6) is 0.811. The largest absolute Gasteiger partial charge is 0.387 e. The number of halogens is 1.